The van der Waals surface area contributed by atoms with E-state index in [0.717, 1.165) is 18.5 Å². The Hall–Kier alpha value is -1.55. The van der Waals surface area contributed by atoms with E-state index < -0.39 is 0 Å². The van der Waals surface area contributed by atoms with Gasteiger partial charge in [-0.25, -0.2) is 0 Å². The zero-order valence-corrected chi connectivity index (χ0v) is 11.0. The van der Waals surface area contributed by atoms with Gasteiger partial charge in [0.2, 0.25) is 0 Å². The van der Waals surface area contributed by atoms with Crippen molar-refractivity contribution in [2.75, 3.05) is 0 Å². The molecule has 0 bridgehead atoms. The zero-order chi connectivity index (χ0) is 12.7. The van der Waals surface area contributed by atoms with E-state index in [9.17, 15) is 0 Å². The second-order valence-electron chi connectivity index (χ2n) is 5.36. The predicted molar refractivity (Wildman–Crippen MR) is 71.8 cm³/mol. The fourth-order valence-corrected chi connectivity index (χ4v) is 2.70. The summed E-state index contributed by atoms with van der Waals surface area (Å²) in [5.74, 6) is 0. The minimum absolute atomic E-state index is 0.204. The molecule has 4 heteroatoms. The third-order valence-electron chi connectivity index (χ3n) is 3.75. The molecule has 1 atom stereocenters. The van der Waals surface area contributed by atoms with Crippen LogP contribution in [0.5, 0.6) is 0 Å². The third-order valence-corrected chi connectivity index (χ3v) is 3.75. The summed E-state index contributed by atoms with van der Waals surface area (Å²) in [4.78, 5) is 0. The Morgan fingerprint density at radius 3 is 3.00 bits per heavy atom. The molecule has 2 aromatic rings. The Balaban J connectivity index is 2.01. The topological polar surface area (TPSA) is 48.8 Å². The zero-order valence-electron chi connectivity index (χ0n) is 11.0. The van der Waals surface area contributed by atoms with Gasteiger partial charge < -0.3 is 10.3 Å². The van der Waals surface area contributed by atoms with Crippen molar-refractivity contribution in [1.82, 2.24) is 14.3 Å². The maximum atomic E-state index is 6.16. The maximum Gasteiger partial charge on any atom is 0.0835 e. The Kier molecular flexibility index (Phi) is 2.74. The van der Waals surface area contributed by atoms with E-state index in [2.05, 4.69) is 42.0 Å². The van der Waals surface area contributed by atoms with Gasteiger partial charge in [0.1, 0.15) is 0 Å². The average molecular weight is 244 g/mol. The summed E-state index contributed by atoms with van der Waals surface area (Å²) < 4.78 is 4.23. The van der Waals surface area contributed by atoms with Crippen LogP contribution in [0.1, 0.15) is 50.0 Å². The second kappa shape index (κ2) is 4.28. The highest BCUT2D eigenvalue weighted by Crippen LogP contribution is 2.30. The molecular weight excluding hydrogens is 224 g/mol. The van der Waals surface area contributed by atoms with E-state index in [1.165, 1.54) is 17.7 Å². The molecule has 0 aliphatic heterocycles. The number of hydrogen-bond acceptors (Lipinski definition) is 2. The van der Waals surface area contributed by atoms with E-state index in [4.69, 9.17) is 5.73 Å². The lowest BCUT2D eigenvalue weighted by molar-refractivity contribution is 0.532. The summed E-state index contributed by atoms with van der Waals surface area (Å²) in [5.41, 5.74) is 9.96. The van der Waals surface area contributed by atoms with Crippen molar-refractivity contribution in [2.45, 2.75) is 45.2 Å². The highest BCUT2D eigenvalue weighted by atomic mass is 15.3. The summed E-state index contributed by atoms with van der Waals surface area (Å²) in [6.45, 7) is 4.27. The van der Waals surface area contributed by atoms with Crippen LogP contribution in [0.2, 0.25) is 0 Å². The molecule has 2 aromatic heterocycles. The quantitative estimate of drug-likeness (QED) is 0.882. The second-order valence-corrected chi connectivity index (χ2v) is 5.36. The van der Waals surface area contributed by atoms with Crippen LogP contribution in [0.25, 0.3) is 5.69 Å². The molecule has 2 N–H and O–H groups in total. The highest BCUT2D eigenvalue weighted by molar-refractivity contribution is 5.37. The molecule has 3 rings (SSSR count). The minimum atomic E-state index is 0.204. The summed E-state index contributed by atoms with van der Waals surface area (Å²) in [6.07, 6.45) is 9.55. The average Bonchev–Trinajstić information content (AvgIpc) is 2.94. The van der Waals surface area contributed by atoms with Crippen molar-refractivity contribution >= 4 is 0 Å². The molecule has 0 spiro atoms. The van der Waals surface area contributed by atoms with Gasteiger partial charge >= 0.3 is 0 Å². The Labute approximate surface area is 107 Å². The molecule has 0 saturated carbocycles. The number of nitrogens with two attached hydrogens (primary N) is 1. The summed E-state index contributed by atoms with van der Waals surface area (Å²) in [7, 11) is 0. The molecule has 0 radical (unpaired) electrons. The summed E-state index contributed by atoms with van der Waals surface area (Å²) in [5, 5.41) is 4.40. The van der Waals surface area contributed by atoms with Crippen molar-refractivity contribution in [3.05, 3.63) is 35.9 Å². The molecule has 1 aliphatic rings. The normalized spacial score (nSPS) is 19.2. The van der Waals surface area contributed by atoms with Gasteiger partial charge in [0.05, 0.1) is 11.9 Å². The molecule has 1 unspecified atom stereocenters. The van der Waals surface area contributed by atoms with Crippen LogP contribution < -0.4 is 5.73 Å². The molecule has 4 nitrogen and oxygen atoms in total. The Morgan fingerprint density at radius 1 is 1.44 bits per heavy atom. The summed E-state index contributed by atoms with van der Waals surface area (Å²) in [6, 6.07) is 2.76. The third kappa shape index (κ3) is 1.77. The van der Waals surface area contributed by atoms with Crippen LogP contribution in [0.4, 0.5) is 0 Å². The van der Waals surface area contributed by atoms with Crippen LogP contribution in [-0.2, 0) is 6.42 Å². The SMILES string of the molecule is CC(C)n1cc(-n2ccc3c2CCCC3N)cn1. The van der Waals surface area contributed by atoms with Crippen LogP contribution in [0.15, 0.2) is 24.7 Å². The van der Waals surface area contributed by atoms with Gasteiger partial charge in [-0.15, -0.1) is 0 Å². The van der Waals surface area contributed by atoms with E-state index >= 15 is 0 Å². The van der Waals surface area contributed by atoms with Crippen LogP contribution in [-0.4, -0.2) is 14.3 Å². The van der Waals surface area contributed by atoms with Crippen molar-refractivity contribution in [3.63, 3.8) is 0 Å². The lowest BCUT2D eigenvalue weighted by atomic mass is 9.94. The minimum Gasteiger partial charge on any atom is -0.324 e. The van der Waals surface area contributed by atoms with Gasteiger partial charge in [0, 0.05) is 30.2 Å². The van der Waals surface area contributed by atoms with Crippen molar-refractivity contribution in [2.24, 2.45) is 5.73 Å². The largest absolute Gasteiger partial charge is 0.324 e. The number of hydrogen-bond donors (Lipinski definition) is 1. The predicted octanol–water partition coefficient (Wildman–Crippen LogP) is 2.59. The van der Waals surface area contributed by atoms with Crippen LogP contribution in [0, 0.1) is 0 Å². The van der Waals surface area contributed by atoms with Crippen molar-refractivity contribution < 1.29 is 0 Å². The van der Waals surface area contributed by atoms with Crippen molar-refractivity contribution in [1.29, 1.82) is 0 Å². The smallest absolute Gasteiger partial charge is 0.0835 e. The molecule has 0 fully saturated rings. The molecule has 0 aromatic carbocycles. The first-order valence-corrected chi connectivity index (χ1v) is 6.67. The summed E-state index contributed by atoms with van der Waals surface area (Å²) >= 11 is 0. The molecule has 0 saturated heterocycles. The number of rotatable bonds is 2. The lowest BCUT2D eigenvalue weighted by Crippen LogP contribution is -2.17. The fraction of sp³-hybridized carbons (Fsp3) is 0.500. The van der Waals surface area contributed by atoms with Gasteiger partial charge in [-0.1, -0.05) is 0 Å². The van der Waals surface area contributed by atoms with E-state index in [1.807, 2.05) is 10.9 Å². The molecule has 1 aliphatic carbocycles. The Morgan fingerprint density at radius 2 is 2.28 bits per heavy atom. The van der Waals surface area contributed by atoms with Gasteiger partial charge in [-0.05, 0) is 44.7 Å². The highest BCUT2D eigenvalue weighted by Gasteiger charge is 2.21. The molecule has 0 amide bonds. The maximum absolute atomic E-state index is 6.16. The monoisotopic (exact) mass is 244 g/mol. The first-order chi connectivity index (χ1) is 8.66. The van der Waals surface area contributed by atoms with Gasteiger partial charge in [-0.3, -0.25) is 4.68 Å². The molecule has 2 heterocycles. The molecule has 18 heavy (non-hydrogen) atoms. The standard InChI is InChI=1S/C14H20N4/c1-10(2)18-9-11(8-16-18)17-7-6-12-13(15)4-3-5-14(12)17/h6-10,13H,3-5,15H2,1-2H3. The number of fused-ring (bicyclic) bond motifs is 1. The van der Waals surface area contributed by atoms with Gasteiger partial charge in [0.25, 0.3) is 0 Å². The Bertz CT molecular complexity index is 550. The van der Waals surface area contributed by atoms with E-state index in [1.54, 1.807) is 0 Å². The van der Waals surface area contributed by atoms with E-state index in [-0.39, 0.29) is 6.04 Å². The lowest BCUT2D eigenvalue weighted by Gasteiger charge is -2.20. The molecular formula is C14H20N4. The van der Waals surface area contributed by atoms with Gasteiger partial charge in [-0.2, -0.15) is 5.10 Å². The van der Waals surface area contributed by atoms with Crippen LogP contribution >= 0.6 is 0 Å². The van der Waals surface area contributed by atoms with Gasteiger partial charge in [0.15, 0.2) is 0 Å². The van der Waals surface area contributed by atoms with Crippen molar-refractivity contribution in [3.8, 4) is 5.69 Å². The fourth-order valence-electron chi connectivity index (χ4n) is 2.70. The van der Waals surface area contributed by atoms with Crippen LogP contribution in [0.3, 0.4) is 0 Å². The van der Waals surface area contributed by atoms with E-state index in [0.29, 0.717) is 6.04 Å². The number of aromatic nitrogens is 3. The first kappa shape index (κ1) is 11.5. The first-order valence-electron chi connectivity index (χ1n) is 6.67. The molecule has 96 valence electrons. The number of nitrogens with zero attached hydrogens (tertiary/aromatic N) is 3.